The zero-order valence-corrected chi connectivity index (χ0v) is 15.2. The fourth-order valence-electron chi connectivity index (χ4n) is 3.35. The number of imide groups is 1. The van der Waals surface area contributed by atoms with Crippen molar-refractivity contribution >= 4 is 34.8 Å². The number of fused-ring (bicyclic) bond motifs is 1. The SMILES string of the molecule is CN1C(=O)C2NC(SCCN3CCC(C(=O)O)CC3)=NC2N(C)C1=O. The predicted octanol–water partition coefficient (Wildman–Crippen LogP) is -0.306. The lowest BCUT2D eigenvalue weighted by Gasteiger charge is -2.36. The number of hydrogen-bond acceptors (Lipinski definition) is 7. The van der Waals surface area contributed by atoms with Crippen LogP contribution in [0.3, 0.4) is 0 Å². The summed E-state index contributed by atoms with van der Waals surface area (Å²) in [6.45, 7) is 2.43. The van der Waals surface area contributed by atoms with Crippen LogP contribution < -0.4 is 5.32 Å². The highest BCUT2D eigenvalue weighted by molar-refractivity contribution is 8.13. The van der Waals surface area contributed by atoms with Gasteiger partial charge in [0.15, 0.2) is 11.3 Å². The molecule has 2 unspecified atom stereocenters. The number of likely N-dealkylation sites (tertiary alicyclic amines) is 1. The van der Waals surface area contributed by atoms with Gasteiger partial charge in [0.25, 0.3) is 5.91 Å². The maximum atomic E-state index is 12.2. The number of likely N-dealkylation sites (N-methyl/N-ethyl adjacent to an activating group) is 2. The highest BCUT2D eigenvalue weighted by Gasteiger charge is 2.46. The minimum absolute atomic E-state index is 0.219. The summed E-state index contributed by atoms with van der Waals surface area (Å²) in [7, 11) is 3.12. The van der Waals surface area contributed by atoms with E-state index in [1.54, 1.807) is 7.05 Å². The molecule has 0 aromatic rings. The topological polar surface area (TPSA) is 106 Å². The van der Waals surface area contributed by atoms with E-state index in [9.17, 15) is 14.4 Å². The number of amides is 3. The van der Waals surface area contributed by atoms with Gasteiger partial charge in [0.2, 0.25) is 0 Å². The van der Waals surface area contributed by atoms with Gasteiger partial charge >= 0.3 is 12.0 Å². The van der Waals surface area contributed by atoms with Crippen LogP contribution in [0.2, 0.25) is 0 Å². The molecule has 0 aromatic heterocycles. The lowest BCUT2D eigenvalue weighted by molar-refractivity contribution is -0.143. The Hall–Kier alpha value is -1.81. The number of carbonyl (C=O) groups excluding carboxylic acids is 2. The maximum absolute atomic E-state index is 12.2. The second kappa shape index (κ2) is 7.20. The van der Waals surface area contributed by atoms with Crippen molar-refractivity contribution in [3.8, 4) is 0 Å². The maximum Gasteiger partial charge on any atom is 0.328 e. The van der Waals surface area contributed by atoms with E-state index in [1.807, 2.05) is 0 Å². The molecular formula is C15H23N5O4S. The Morgan fingerprint density at radius 2 is 2.00 bits per heavy atom. The summed E-state index contributed by atoms with van der Waals surface area (Å²) in [5, 5.41) is 12.8. The number of nitrogens with zero attached hydrogens (tertiary/aromatic N) is 4. The van der Waals surface area contributed by atoms with Crippen LogP contribution in [-0.2, 0) is 9.59 Å². The largest absolute Gasteiger partial charge is 0.481 e. The molecule has 0 aliphatic carbocycles. The molecule has 2 saturated heterocycles. The van der Waals surface area contributed by atoms with Gasteiger partial charge in [-0.05, 0) is 25.9 Å². The number of rotatable bonds is 4. The van der Waals surface area contributed by atoms with Crippen molar-refractivity contribution in [3.05, 3.63) is 0 Å². The van der Waals surface area contributed by atoms with Gasteiger partial charge in [-0.2, -0.15) is 0 Å². The average Bonchev–Trinajstić information content (AvgIpc) is 3.03. The Kier molecular flexibility index (Phi) is 5.19. The van der Waals surface area contributed by atoms with Gasteiger partial charge in [-0.1, -0.05) is 11.8 Å². The van der Waals surface area contributed by atoms with Crippen molar-refractivity contribution in [1.29, 1.82) is 0 Å². The number of nitrogens with one attached hydrogen (secondary N) is 1. The molecule has 0 bridgehead atoms. The fraction of sp³-hybridized carbons (Fsp3) is 0.733. The number of aliphatic carboxylic acids is 1. The first-order chi connectivity index (χ1) is 11.9. The van der Waals surface area contributed by atoms with Gasteiger partial charge in [0.05, 0.1) is 5.92 Å². The third-order valence-electron chi connectivity index (χ3n) is 4.99. The molecule has 9 nitrogen and oxygen atoms in total. The minimum Gasteiger partial charge on any atom is -0.481 e. The summed E-state index contributed by atoms with van der Waals surface area (Å²) in [6, 6.07) is -0.856. The van der Waals surface area contributed by atoms with E-state index < -0.39 is 18.2 Å². The molecule has 0 spiro atoms. The molecule has 3 amide bonds. The van der Waals surface area contributed by atoms with E-state index in [4.69, 9.17) is 5.11 Å². The molecule has 3 heterocycles. The lowest BCUT2D eigenvalue weighted by Crippen LogP contribution is -2.63. The summed E-state index contributed by atoms with van der Waals surface area (Å²) in [5.41, 5.74) is 0. The second-order valence-electron chi connectivity index (χ2n) is 6.56. The second-order valence-corrected chi connectivity index (χ2v) is 7.65. The summed E-state index contributed by atoms with van der Waals surface area (Å²) in [4.78, 5) is 44.4. The van der Waals surface area contributed by atoms with Crippen LogP contribution in [-0.4, -0.2) is 94.6 Å². The molecule has 0 saturated carbocycles. The van der Waals surface area contributed by atoms with Crippen LogP contribution in [0.5, 0.6) is 0 Å². The van der Waals surface area contributed by atoms with Crippen molar-refractivity contribution in [3.63, 3.8) is 0 Å². The number of carboxylic acids is 1. The fourth-order valence-corrected chi connectivity index (χ4v) is 4.28. The molecule has 3 rings (SSSR count). The van der Waals surface area contributed by atoms with E-state index in [0.29, 0.717) is 18.0 Å². The lowest BCUT2D eigenvalue weighted by atomic mass is 9.97. The highest BCUT2D eigenvalue weighted by Crippen LogP contribution is 2.24. The number of piperidine rings is 1. The molecule has 2 N–H and O–H groups in total. The van der Waals surface area contributed by atoms with E-state index >= 15 is 0 Å². The van der Waals surface area contributed by atoms with Gasteiger partial charge in [0.1, 0.15) is 6.04 Å². The summed E-state index contributed by atoms with van der Waals surface area (Å²) < 4.78 is 0. The molecule has 2 atom stereocenters. The molecule has 0 radical (unpaired) electrons. The number of carboxylic acid groups (broad SMARTS) is 1. The Bertz CT molecular complexity index is 605. The normalized spacial score (nSPS) is 28.0. The molecular weight excluding hydrogens is 346 g/mol. The third-order valence-corrected chi connectivity index (χ3v) is 5.88. The number of hydrogen-bond donors (Lipinski definition) is 2. The molecule has 25 heavy (non-hydrogen) atoms. The Morgan fingerprint density at radius 1 is 1.32 bits per heavy atom. The number of amidine groups is 1. The molecule has 3 aliphatic rings. The van der Waals surface area contributed by atoms with Crippen LogP contribution in [0, 0.1) is 5.92 Å². The van der Waals surface area contributed by atoms with Crippen molar-refractivity contribution in [1.82, 2.24) is 20.0 Å². The van der Waals surface area contributed by atoms with Crippen molar-refractivity contribution in [2.24, 2.45) is 10.9 Å². The first-order valence-electron chi connectivity index (χ1n) is 8.35. The van der Waals surface area contributed by atoms with Crippen LogP contribution in [0.4, 0.5) is 4.79 Å². The summed E-state index contributed by atoms with van der Waals surface area (Å²) >= 11 is 1.53. The summed E-state index contributed by atoms with van der Waals surface area (Å²) in [5.74, 6) is -0.383. The van der Waals surface area contributed by atoms with E-state index in [2.05, 4.69) is 15.2 Å². The smallest absolute Gasteiger partial charge is 0.328 e. The first-order valence-corrected chi connectivity index (χ1v) is 9.33. The standard InChI is InChI=1S/C15H23N5O4S/c1-18-11-10(12(21)19(2)15(18)24)16-14(17-11)25-8-7-20-5-3-9(4-6-20)13(22)23/h9-11H,3-8H2,1-2H3,(H,16,17)(H,22,23). The zero-order chi connectivity index (χ0) is 18.1. The van der Waals surface area contributed by atoms with Gasteiger partial charge in [0, 0.05) is 26.4 Å². The van der Waals surface area contributed by atoms with E-state index in [0.717, 1.165) is 30.3 Å². The summed E-state index contributed by atoms with van der Waals surface area (Å²) in [6.07, 6.45) is 0.902. The Labute approximate surface area is 150 Å². The number of aliphatic imine (C=N–C) groups is 1. The highest BCUT2D eigenvalue weighted by atomic mass is 32.2. The molecule has 2 fully saturated rings. The van der Waals surface area contributed by atoms with Crippen LogP contribution in [0.1, 0.15) is 12.8 Å². The molecule has 138 valence electrons. The van der Waals surface area contributed by atoms with Gasteiger partial charge in [-0.3, -0.25) is 14.5 Å². The number of urea groups is 1. The minimum atomic E-state index is -0.700. The van der Waals surface area contributed by atoms with E-state index in [-0.39, 0.29) is 17.9 Å². The molecule has 0 aromatic carbocycles. The first kappa shape index (κ1) is 18.0. The predicted molar refractivity (Wildman–Crippen MR) is 93.3 cm³/mol. The Balaban J connectivity index is 1.47. The van der Waals surface area contributed by atoms with Crippen LogP contribution in [0.25, 0.3) is 0 Å². The molecule has 3 aliphatic heterocycles. The van der Waals surface area contributed by atoms with Crippen molar-refractivity contribution < 1.29 is 19.5 Å². The van der Waals surface area contributed by atoms with Gasteiger partial charge in [-0.15, -0.1) is 0 Å². The van der Waals surface area contributed by atoms with Crippen molar-refractivity contribution in [2.75, 3.05) is 39.5 Å². The zero-order valence-electron chi connectivity index (χ0n) is 14.3. The number of carbonyl (C=O) groups is 3. The number of thioether (sulfide) groups is 1. The quantitative estimate of drug-likeness (QED) is 0.700. The Morgan fingerprint density at radius 3 is 2.64 bits per heavy atom. The van der Waals surface area contributed by atoms with Crippen molar-refractivity contribution in [2.45, 2.75) is 25.0 Å². The van der Waals surface area contributed by atoms with Crippen LogP contribution in [0.15, 0.2) is 4.99 Å². The molecule has 10 heteroatoms. The average molecular weight is 369 g/mol. The van der Waals surface area contributed by atoms with Crippen LogP contribution >= 0.6 is 11.8 Å². The van der Waals surface area contributed by atoms with Gasteiger partial charge < -0.3 is 20.2 Å². The monoisotopic (exact) mass is 369 g/mol. The third kappa shape index (κ3) is 3.59. The van der Waals surface area contributed by atoms with E-state index in [1.165, 1.54) is 23.7 Å². The van der Waals surface area contributed by atoms with Gasteiger partial charge in [-0.25, -0.2) is 9.79 Å².